The van der Waals surface area contributed by atoms with Gasteiger partial charge in [-0.15, -0.1) is 0 Å². The largest absolute Gasteiger partial charge is 0.396 e. The maximum Gasteiger partial charge on any atom is 0.123 e. The molecule has 0 amide bonds. The summed E-state index contributed by atoms with van der Waals surface area (Å²) in [6.07, 6.45) is 3.44. The molecule has 0 aromatic heterocycles. The van der Waals surface area contributed by atoms with E-state index in [2.05, 4.69) is 5.32 Å². The Balaban J connectivity index is 1.77. The SMILES string of the molecule is OCC1(CNCc2ccc(F)cc2)CCC1. The van der Waals surface area contributed by atoms with Gasteiger partial charge in [-0.3, -0.25) is 0 Å². The first-order valence-electron chi connectivity index (χ1n) is 5.80. The Labute approximate surface area is 95.5 Å². The third kappa shape index (κ3) is 2.60. The molecular formula is C13H18FNO. The minimum absolute atomic E-state index is 0.111. The Morgan fingerprint density at radius 3 is 2.44 bits per heavy atom. The predicted octanol–water partition coefficient (Wildman–Crippen LogP) is 2.08. The lowest BCUT2D eigenvalue weighted by molar-refractivity contribution is 0.0445. The van der Waals surface area contributed by atoms with Crippen molar-refractivity contribution in [3.63, 3.8) is 0 Å². The van der Waals surface area contributed by atoms with Crippen molar-refractivity contribution < 1.29 is 9.50 Å². The molecule has 0 spiro atoms. The second kappa shape index (κ2) is 4.93. The van der Waals surface area contributed by atoms with Crippen LogP contribution in [0.5, 0.6) is 0 Å². The summed E-state index contributed by atoms with van der Waals surface area (Å²) in [5.41, 5.74) is 1.19. The zero-order chi connectivity index (χ0) is 11.4. The van der Waals surface area contributed by atoms with E-state index in [4.69, 9.17) is 0 Å². The van der Waals surface area contributed by atoms with Gasteiger partial charge in [-0.1, -0.05) is 18.6 Å². The van der Waals surface area contributed by atoms with E-state index in [1.165, 1.54) is 18.6 Å². The van der Waals surface area contributed by atoms with Gasteiger partial charge in [0.2, 0.25) is 0 Å². The van der Waals surface area contributed by atoms with Crippen molar-refractivity contribution in [1.82, 2.24) is 5.32 Å². The van der Waals surface area contributed by atoms with Crippen LogP contribution in [0.3, 0.4) is 0 Å². The first-order valence-corrected chi connectivity index (χ1v) is 5.80. The molecule has 2 N–H and O–H groups in total. The Morgan fingerprint density at radius 2 is 1.94 bits per heavy atom. The fraction of sp³-hybridized carbons (Fsp3) is 0.538. The second-order valence-electron chi connectivity index (χ2n) is 4.74. The number of aliphatic hydroxyl groups is 1. The van der Waals surface area contributed by atoms with Gasteiger partial charge in [-0.2, -0.15) is 0 Å². The molecule has 0 aliphatic heterocycles. The van der Waals surface area contributed by atoms with Gasteiger partial charge in [-0.25, -0.2) is 4.39 Å². The van der Waals surface area contributed by atoms with Gasteiger partial charge in [0.15, 0.2) is 0 Å². The summed E-state index contributed by atoms with van der Waals surface area (Å²) in [6, 6.07) is 6.52. The average Bonchev–Trinajstić information content (AvgIpc) is 2.25. The molecule has 3 heteroatoms. The summed E-state index contributed by atoms with van der Waals surface area (Å²) in [6.45, 7) is 1.85. The fourth-order valence-corrected chi connectivity index (χ4v) is 2.14. The van der Waals surface area contributed by atoms with Gasteiger partial charge in [0.25, 0.3) is 0 Å². The standard InChI is InChI=1S/C13H18FNO/c14-12-4-2-11(3-5-12)8-15-9-13(10-16)6-1-7-13/h2-5,15-16H,1,6-10H2. The molecule has 0 bridgehead atoms. The molecule has 1 aliphatic carbocycles. The highest BCUT2D eigenvalue weighted by molar-refractivity contribution is 5.15. The molecule has 0 heterocycles. The highest BCUT2D eigenvalue weighted by atomic mass is 19.1. The molecule has 1 fully saturated rings. The monoisotopic (exact) mass is 223 g/mol. The van der Waals surface area contributed by atoms with Gasteiger partial charge >= 0.3 is 0 Å². The van der Waals surface area contributed by atoms with Crippen molar-refractivity contribution in [2.45, 2.75) is 25.8 Å². The molecule has 1 aromatic carbocycles. The second-order valence-corrected chi connectivity index (χ2v) is 4.74. The van der Waals surface area contributed by atoms with E-state index in [-0.39, 0.29) is 17.8 Å². The molecule has 1 saturated carbocycles. The first-order chi connectivity index (χ1) is 7.74. The quantitative estimate of drug-likeness (QED) is 0.801. The lowest BCUT2D eigenvalue weighted by atomic mass is 9.69. The van der Waals surface area contributed by atoms with Crippen molar-refractivity contribution in [2.75, 3.05) is 13.2 Å². The lowest BCUT2D eigenvalue weighted by Gasteiger charge is -2.40. The third-order valence-corrected chi connectivity index (χ3v) is 3.49. The van der Waals surface area contributed by atoms with E-state index in [9.17, 15) is 9.50 Å². The van der Waals surface area contributed by atoms with Crippen molar-refractivity contribution in [1.29, 1.82) is 0 Å². The molecule has 16 heavy (non-hydrogen) atoms. The van der Waals surface area contributed by atoms with E-state index in [1.54, 1.807) is 12.1 Å². The smallest absolute Gasteiger partial charge is 0.123 e. The highest BCUT2D eigenvalue weighted by Crippen LogP contribution is 2.39. The lowest BCUT2D eigenvalue weighted by Crippen LogP contribution is -2.42. The van der Waals surface area contributed by atoms with Crippen molar-refractivity contribution in [2.24, 2.45) is 5.41 Å². The van der Waals surface area contributed by atoms with Crippen LogP contribution in [0.25, 0.3) is 0 Å². The molecule has 0 unspecified atom stereocenters. The number of aliphatic hydroxyl groups excluding tert-OH is 1. The minimum Gasteiger partial charge on any atom is -0.396 e. The maximum atomic E-state index is 12.7. The van der Waals surface area contributed by atoms with Crippen molar-refractivity contribution in [3.05, 3.63) is 35.6 Å². The zero-order valence-corrected chi connectivity index (χ0v) is 9.38. The number of halogens is 1. The van der Waals surface area contributed by atoms with Gasteiger partial charge < -0.3 is 10.4 Å². The number of hydrogen-bond donors (Lipinski definition) is 2. The molecule has 0 saturated heterocycles. The third-order valence-electron chi connectivity index (χ3n) is 3.49. The van der Waals surface area contributed by atoms with Crippen LogP contribution >= 0.6 is 0 Å². The normalized spacial score (nSPS) is 18.1. The number of hydrogen-bond acceptors (Lipinski definition) is 2. The van der Waals surface area contributed by atoms with Crippen LogP contribution in [0.1, 0.15) is 24.8 Å². The molecule has 0 radical (unpaired) electrons. The van der Waals surface area contributed by atoms with Gasteiger partial charge in [0.1, 0.15) is 5.82 Å². The van der Waals surface area contributed by atoms with Gasteiger partial charge in [0.05, 0.1) is 0 Å². The van der Waals surface area contributed by atoms with Crippen LogP contribution in [0.2, 0.25) is 0 Å². The summed E-state index contributed by atoms with van der Waals surface area (Å²) in [5.74, 6) is -0.199. The van der Waals surface area contributed by atoms with Crippen LogP contribution in [-0.2, 0) is 6.54 Å². The molecule has 2 nitrogen and oxygen atoms in total. The van der Waals surface area contributed by atoms with Crippen molar-refractivity contribution >= 4 is 0 Å². The summed E-state index contributed by atoms with van der Waals surface area (Å²) < 4.78 is 12.7. The summed E-state index contributed by atoms with van der Waals surface area (Å²) >= 11 is 0. The van der Waals surface area contributed by atoms with Crippen LogP contribution in [0, 0.1) is 11.2 Å². The van der Waals surface area contributed by atoms with Crippen molar-refractivity contribution in [3.8, 4) is 0 Å². The van der Waals surface area contributed by atoms with E-state index in [0.717, 1.165) is 31.5 Å². The maximum absolute atomic E-state index is 12.7. The molecule has 1 aliphatic rings. The zero-order valence-electron chi connectivity index (χ0n) is 9.38. The average molecular weight is 223 g/mol. The topological polar surface area (TPSA) is 32.3 Å². The van der Waals surface area contributed by atoms with Crippen LogP contribution in [0.15, 0.2) is 24.3 Å². The first kappa shape index (κ1) is 11.6. The minimum atomic E-state index is -0.199. The summed E-state index contributed by atoms with van der Waals surface area (Å²) in [4.78, 5) is 0. The summed E-state index contributed by atoms with van der Waals surface area (Å²) in [7, 11) is 0. The Bertz CT molecular complexity index is 327. The fourth-order valence-electron chi connectivity index (χ4n) is 2.14. The number of benzene rings is 1. The van der Waals surface area contributed by atoms with Crippen LogP contribution in [0.4, 0.5) is 4.39 Å². The number of nitrogens with one attached hydrogen (secondary N) is 1. The Hall–Kier alpha value is -0.930. The molecule has 88 valence electrons. The molecule has 1 aromatic rings. The molecule has 0 atom stereocenters. The van der Waals surface area contributed by atoms with Crippen LogP contribution < -0.4 is 5.32 Å². The van der Waals surface area contributed by atoms with E-state index in [0.29, 0.717) is 0 Å². The molecule has 2 rings (SSSR count). The van der Waals surface area contributed by atoms with Crippen LogP contribution in [-0.4, -0.2) is 18.3 Å². The highest BCUT2D eigenvalue weighted by Gasteiger charge is 2.35. The van der Waals surface area contributed by atoms with E-state index in [1.807, 2.05) is 0 Å². The van der Waals surface area contributed by atoms with E-state index < -0.39 is 0 Å². The Kier molecular flexibility index (Phi) is 3.56. The molecular weight excluding hydrogens is 205 g/mol. The summed E-state index contributed by atoms with van der Waals surface area (Å²) in [5, 5.41) is 12.6. The van der Waals surface area contributed by atoms with Gasteiger partial charge in [0, 0.05) is 25.1 Å². The van der Waals surface area contributed by atoms with E-state index >= 15 is 0 Å². The van der Waals surface area contributed by atoms with Gasteiger partial charge in [-0.05, 0) is 30.5 Å². The number of rotatable bonds is 5. The Morgan fingerprint density at radius 1 is 1.25 bits per heavy atom. The predicted molar refractivity (Wildman–Crippen MR) is 61.5 cm³/mol.